The van der Waals surface area contributed by atoms with Crippen molar-refractivity contribution < 1.29 is 9.90 Å². The summed E-state index contributed by atoms with van der Waals surface area (Å²) in [5.41, 5.74) is 1.62. The summed E-state index contributed by atoms with van der Waals surface area (Å²) in [7, 11) is 0. The summed E-state index contributed by atoms with van der Waals surface area (Å²) >= 11 is 0. The number of hydrogen-bond donors (Lipinski definition) is 1. The molecule has 0 bridgehead atoms. The van der Waals surface area contributed by atoms with Gasteiger partial charge < -0.3 is 10.0 Å². The number of rotatable bonds is 2. The van der Waals surface area contributed by atoms with Crippen molar-refractivity contribution >= 4 is 5.91 Å². The van der Waals surface area contributed by atoms with Gasteiger partial charge in [0.2, 0.25) is 0 Å². The Morgan fingerprint density at radius 3 is 2.93 bits per heavy atom. The lowest BCUT2D eigenvalue weighted by molar-refractivity contribution is 0.0361. The smallest absolute Gasteiger partial charge is 0.255 e. The summed E-state index contributed by atoms with van der Waals surface area (Å²) in [6.45, 7) is 3.39. The van der Waals surface area contributed by atoms with Crippen LogP contribution in [0.4, 0.5) is 0 Å². The number of aliphatic hydroxyl groups excluding tert-OH is 1. The van der Waals surface area contributed by atoms with E-state index in [2.05, 4.69) is 4.98 Å². The molecule has 4 heteroatoms. The zero-order chi connectivity index (χ0) is 10.8. The fourth-order valence-corrected chi connectivity index (χ4v) is 1.71. The van der Waals surface area contributed by atoms with Crippen LogP contribution in [0.1, 0.15) is 15.9 Å². The number of carbonyl (C=O) groups is 1. The molecule has 15 heavy (non-hydrogen) atoms. The fraction of sp³-hybridized carbons (Fsp3) is 0.455. The van der Waals surface area contributed by atoms with Crippen molar-refractivity contribution in [1.82, 2.24) is 9.88 Å². The number of pyridine rings is 1. The minimum Gasteiger partial charge on any atom is -0.396 e. The van der Waals surface area contributed by atoms with Crippen LogP contribution in [-0.2, 0) is 0 Å². The first-order chi connectivity index (χ1) is 7.20. The molecule has 1 saturated heterocycles. The Kier molecular flexibility index (Phi) is 2.68. The summed E-state index contributed by atoms with van der Waals surface area (Å²) in [6, 6.07) is 1.83. The molecule has 0 radical (unpaired) electrons. The highest BCUT2D eigenvalue weighted by molar-refractivity contribution is 5.94. The average Bonchev–Trinajstić information content (AvgIpc) is 2.16. The van der Waals surface area contributed by atoms with Crippen molar-refractivity contribution in [2.75, 3.05) is 19.7 Å². The Bertz CT molecular complexity index is 373. The molecule has 0 aliphatic carbocycles. The predicted octanol–water partition coefficient (Wildman–Crippen LogP) is 0.454. The minimum atomic E-state index is 0.0101. The summed E-state index contributed by atoms with van der Waals surface area (Å²) < 4.78 is 0. The van der Waals surface area contributed by atoms with E-state index in [1.54, 1.807) is 17.3 Å². The van der Waals surface area contributed by atoms with Crippen LogP contribution in [0.2, 0.25) is 0 Å². The Hall–Kier alpha value is -1.42. The summed E-state index contributed by atoms with van der Waals surface area (Å²) in [5.74, 6) is 0.266. The van der Waals surface area contributed by atoms with Gasteiger partial charge in [0.25, 0.3) is 5.91 Å². The van der Waals surface area contributed by atoms with E-state index in [9.17, 15) is 4.79 Å². The van der Waals surface area contributed by atoms with Gasteiger partial charge in [-0.15, -0.1) is 0 Å². The van der Waals surface area contributed by atoms with E-state index in [4.69, 9.17) is 5.11 Å². The predicted molar refractivity (Wildman–Crippen MR) is 55.5 cm³/mol. The first kappa shape index (κ1) is 10.1. The van der Waals surface area contributed by atoms with Crippen LogP contribution in [0.25, 0.3) is 0 Å². The lowest BCUT2D eigenvalue weighted by atomic mass is 10.0. The van der Waals surface area contributed by atoms with Gasteiger partial charge in [-0.1, -0.05) is 0 Å². The van der Waals surface area contributed by atoms with Crippen molar-refractivity contribution in [1.29, 1.82) is 0 Å². The molecule has 0 spiro atoms. The molecule has 4 nitrogen and oxygen atoms in total. The van der Waals surface area contributed by atoms with E-state index in [1.807, 2.05) is 13.0 Å². The fourth-order valence-electron chi connectivity index (χ4n) is 1.71. The largest absolute Gasteiger partial charge is 0.396 e. The van der Waals surface area contributed by atoms with Gasteiger partial charge in [0.05, 0.1) is 5.56 Å². The zero-order valence-corrected chi connectivity index (χ0v) is 8.68. The Morgan fingerprint density at radius 1 is 1.60 bits per heavy atom. The van der Waals surface area contributed by atoms with Gasteiger partial charge in [-0.25, -0.2) is 0 Å². The maximum Gasteiger partial charge on any atom is 0.255 e. The molecule has 0 unspecified atom stereocenters. The lowest BCUT2D eigenvalue weighted by Crippen LogP contribution is -2.51. The van der Waals surface area contributed by atoms with E-state index in [-0.39, 0.29) is 18.4 Å². The highest BCUT2D eigenvalue weighted by Gasteiger charge is 2.30. The summed E-state index contributed by atoms with van der Waals surface area (Å²) in [4.78, 5) is 17.6. The first-order valence-corrected chi connectivity index (χ1v) is 5.02. The van der Waals surface area contributed by atoms with Crippen molar-refractivity contribution in [2.24, 2.45) is 5.92 Å². The number of nitrogens with zero attached hydrogens (tertiary/aromatic N) is 2. The van der Waals surface area contributed by atoms with Crippen LogP contribution in [0.3, 0.4) is 0 Å². The van der Waals surface area contributed by atoms with Crippen molar-refractivity contribution in [3.05, 3.63) is 29.6 Å². The van der Waals surface area contributed by atoms with Crippen LogP contribution in [0.5, 0.6) is 0 Å². The third kappa shape index (κ3) is 1.99. The third-order valence-corrected chi connectivity index (χ3v) is 2.62. The second-order valence-electron chi connectivity index (χ2n) is 4.01. The van der Waals surface area contributed by atoms with Crippen LogP contribution >= 0.6 is 0 Å². The molecule has 1 aliphatic heterocycles. The average molecular weight is 206 g/mol. The minimum absolute atomic E-state index is 0.0101. The zero-order valence-electron chi connectivity index (χ0n) is 8.68. The second-order valence-corrected chi connectivity index (χ2v) is 4.01. The molecule has 80 valence electrons. The normalized spacial score (nSPS) is 16.3. The highest BCUT2D eigenvalue weighted by atomic mass is 16.3. The molecule has 1 aromatic rings. The van der Waals surface area contributed by atoms with E-state index in [0.29, 0.717) is 18.7 Å². The number of aromatic nitrogens is 1. The number of amides is 1. The summed E-state index contributed by atoms with van der Waals surface area (Å²) in [5, 5.41) is 8.85. The number of likely N-dealkylation sites (tertiary alicyclic amines) is 1. The summed E-state index contributed by atoms with van der Waals surface area (Å²) in [6.07, 6.45) is 3.31. The molecule has 0 aromatic carbocycles. The third-order valence-electron chi connectivity index (χ3n) is 2.62. The van der Waals surface area contributed by atoms with E-state index < -0.39 is 0 Å². The molecule has 0 atom stereocenters. The molecule has 0 saturated carbocycles. The Morgan fingerprint density at radius 2 is 2.33 bits per heavy atom. The molecule has 1 N–H and O–H groups in total. The number of aryl methyl sites for hydroxylation is 1. The van der Waals surface area contributed by atoms with Crippen molar-refractivity contribution in [2.45, 2.75) is 6.92 Å². The van der Waals surface area contributed by atoms with Crippen LogP contribution in [0.15, 0.2) is 18.5 Å². The molecule has 1 aromatic heterocycles. The topological polar surface area (TPSA) is 53.4 Å². The monoisotopic (exact) mass is 206 g/mol. The van der Waals surface area contributed by atoms with Crippen LogP contribution in [-0.4, -0.2) is 40.6 Å². The SMILES string of the molecule is Cc1cncc(C(=O)N2CC(CO)C2)c1. The molecule has 1 aliphatic rings. The van der Waals surface area contributed by atoms with Gasteiger partial charge in [0.15, 0.2) is 0 Å². The van der Waals surface area contributed by atoms with E-state index >= 15 is 0 Å². The van der Waals surface area contributed by atoms with Gasteiger partial charge >= 0.3 is 0 Å². The number of hydrogen-bond acceptors (Lipinski definition) is 3. The maximum absolute atomic E-state index is 11.8. The Balaban J connectivity index is 2.03. The molecule has 1 fully saturated rings. The molecular formula is C11H14N2O2. The van der Waals surface area contributed by atoms with Gasteiger partial charge in [0.1, 0.15) is 0 Å². The van der Waals surface area contributed by atoms with Gasteiger partial charge in [-0.2, -0.15) is 0 Å². The molecule has 1 amide bonds. The van der Waals surface area contributed by atoms with Gasteiger partial charge in [0, 0.05) is 38.0 Å². The standard InChI is InChI=1S/C11H14N2O2/c1-8-2-10(4-12-3-8)11(15)13-5-9(6-13)7-14/h2-4,9,14H,5-7H2,1H3. The Labute approximate surface area is 88.6 Å². The number of carbonyl (C=O) groups excluding carboxylic acids is 1. The van der Waals surface area contributed by atoms with Gasteiger partial charge in [-0.05, 0) is 18.6 Å². The highest BCUT2D eigenvalue weighted by Crippen LogP contribution is 2.17. The first-order valence-electron chi connectivity index (χ1n) is 5.02. The van der Waals surface area contributed by atoms with Crippen LogP contribution in [0, 0.1) is 12.8 Å². The quantitative estimate of drug-likeness (QED) is 0.764. The number of aliphatic hydroxyl groups is 1. The van der Waals surface area contributed by atoms with Crippen molar-refractivity contribution in [3.63, 3.8) is 0 Å². The molecule has 2 rings (SSSR count). The maximum atomic E-state index is 11.8. The van der Waals surface area contributed by atoms with E-state index in [1.165, 1.54) is 0 Å². The van der Waals surface area contributed by atoms with Crippen molar-refractivity contribution in [3.8, 4) is 0 Å². The lowest BCUT2D eigenvalue weighted by Gasteiger charge is -2.38. The van der Waals surface area contributed by atoms with Crippen LogP contribution < -0.4 is 0 Å². The molecular weight excluding hydrogens is 192 g/mol. The second kappa shape index (κ2) is 3.98. The van der Waals surface area contributed by atoms with Gasteiger partial charge in [-0.3, -0.25) is 9.78 Å². The van der Waals surface area contributed by atoms with E-state index in [0.717, 1.165) is 5.56 Å². The molecule has 2 heterocycles.